The summed E-state index contributed by atoms with van der Waals surface area (Å²) >= 11 is 1.98. The van der Waals surface area contributed by atoms with Crippen molar-refractivity contribution in [2.24, 2.45) is 11.3 Å². The van der Waals surface area contributed by atoms with Crippen molar-refractivity contribution in [3.05, 3.63) is 51.5 Å². The van der Waals surface area contributed by atoms with Crippen molar-refractivity contribution >= 4 is 21.6 Å². The van der Waals surface area contributed by atoms with Gasteiger partial charge < -0.3 is 0 Å². The van der Waals surface area contributed by atoms with E-state index in [1.54, 1.807) is 16.0 Å². The highest BCUT2D eigenvalue weighted by Gasteiger charge is 2.34. The molecule has 0 N–H and O–H groups in total. The molecule has 1 aromatic carbocycles. The third-order valence-electron chi connectivity index (χ3n) is 7.83. The molecule has 0 fully saturated rings. The largest absolute Gasteiger partial charge is 0.242 e. The molecular weight excluding hydrogens is 370 g/mol. The van der Waals surface area contributed by atoms with E-state index in [9.17, 15) is 0 Å². The molecule has 2 aliphatic carbocycles. The molecule has 152 valence electrons. The number of pyridine rings is 1. The van der Waals surface area contributed by atoms with Crippen LogP contribution in [0.15, 0.2) is 24.3 Å². The SMILES string of the molecule is CCC(C)(C)[C@H]1CCc2nc3sc4c(c3c(-c3ccc(C)cc3)c2C1)CCCC4. The van der Waals surface area contributed by atoms with Crippen LogP contribution >= 0.6 is 11.3 Å². The van der Waals surface area contributed by atoms with E-state index >= 15 is 0 Å². The summed E-state index contributed by atoms with van der Waals surface area (Å²) in [4.78, 5) is 8.20. The molecule has 0 aliphatic heterocycles. The lowest BCUT2D eigenvalue weighted by molar-refractivity contribution is 0.182. The van der Waals surface area contributed by atoms with Crippen molar-refractivity contribution in [1.29, 1.82) is 0 Å². The normalized spacial score (nSPS) is 19.2. The number of rotatable bonds is 3. The van der Waals surface area contributed by atoms with Crippen LogP contribution in [0, 0.1) is 18.3 Å². The second-order valence-corrected chi connectivity index (χ2v) is 11.0. The Balaban J connectivity index is 1.77. The van der Waals surface area contributed by atoms with Crippen LogP contribution in [0.25, 0.3) is 21.3 Å². The minimum absolute atomic E-state index is 0.394. The number of thiophene rings is 1. The molecule has 29 heavy (non-hydrogen) atoms. The summed E-state index contributed by atoms with van der Waals surface area (Å²) in [5.74, 6) is 0.748. The van der Waals surface area contributed by atoms with Gasteiger partial charge in [-0.15, -0.1) is 11.3 Å². The maximum Gasteiger partial charge on any atom is 0.124 e. The van der Waals surface area contributed by atoms with Crippen molar-refractivity contribution in [2.75, 3.05) is 0 Å². The Bertz CT molecular complexity index is 1050. The lowest BCUT2D eigenvalue weighted by Gasteiger charge is -2.37. The highest BCUT2D eigenvalue weighted by molar-refractivity contribution is 7.19. The Labute approximate surface area is 179 Å². The third kappa shape index (κ3) is 3.24. The van der Waals surface area contributed by atoms with Gasteiger partial charge in [0, 0.05) is 16.0 Å². The van der Waals surface area contributed by atoms with E-state index in [4.69, 9.17) is 4.98 Å². The van der Waals surface area contributed by atoms with Gasteiger partial charge in [0.2, 0.25) is 0 Å². The zero-order valence-corrected chi connectivity index (χ0v) is 19.2. The molecule has 0 saturated carbocycles. The van der Waals surface area contributed by atoms with E-state index in [-0.39, 0.29) is 0 Å². The Kier molecular flexibility index (Phi) is 4.81. The van der Waals surface area contributed by atoms with Gasteiger partial charge in [0.15, 0.2) is 0 Å². The van der Waals surface area contributed by atoms with Gasteiger partial charge in [-0.25, -0.2) is 4.98 Å². The summed E-state index contributed by atoms with van der Waals surface area (Å²) in [6.07, 6.45) is 10.0. The van der Waals surface area contributed by atoms with Crippen molar-refractivity contribution in [3.8, 4) is 11.1 Å². The number of benzene rings is 1. The number of nitrogens with zero attached hydrogens (tertiary/aromatic N) is 1. The van der Waals surface area contributed by atoms with Gasteiger partial charge in [-0.3, -0.25) is 0 Å². The first kappa shape index (κ1) is 19.3. The standard InChI is InChI=1S/C27H33NS/c1-5-27(3,4)19-14-15-22-21(16-19)24(18-12-10-17(2)11-13-18)25-20-8-6-7-9-23(20)29-26(25)28-22/h10-13,19H,5-9,14-16H2,1-4H3/t19-/m0/s1. The van der Waals surface area contributed by atoms with Gasteiger partial charge in [-0.1, -0.05) is 57.0 Å². The van der Waals surface area contributed by atoms with Crippen molar-refractivity contribution in [3.63, 3.8) is 0 Å². The molecule has 1 atom stereocenters. The molecule has 3 aromatic rings. The van der Waals surface area contributed by atoms with Crippen LogP contribution < -0.4 is 0 Å². The average molecular weight is 404 g/mol. The first-order valence-electron chi connectivity index (χ1n) is 11.5. The lowest BCUT2D eigenvalue weighted by Crippen LogP contribution is -2.29. The van der Waals surface area contributed by atoms with Crippen molar-refractivity contribution < 1.29 is 0 Å². The first-order chi connectivity index (χ1) is 14.0. The number of aryl methyl sites for hydroxylation is 4. The van der Waals surface area contributed by atoms with Gasteiger partial charge in [0.25, 0.3) is 0 Å². The molecule has 2 heteroatoms. The van der Waals surface area contributed by atoms with Gasteiger partial charge in [0.05, 0.1) is 0 Å². The monoisotopic (exact) mass is 403 g/mol. The molecular formula is C27H33NS. The lowest BCUT2D eigenvalue weighted by atomic mass is 9.68. The third-order valence-corrected chi connectivity index (χ3v) is 9.01. The summed E-state index contributed by atoms with van der Waals surface area (Å²) in [6.45, 7) is 9.47. The topological polar surface area (TPSA) is 12.9 Å². The maximum atomic E-state index is 5.29. The maximum absolute atomic E-state index is 5.29. The Morgan fingerprint density at radius 2 is 1.79 bits per heavy atom. The molecule has 1 nitrogen and oxygen atoms in total. The van der Waals surface area contributed by atoms with E-state index in [1.807, 2.05) is 11.3 Å². The molecule has 0 radical (unpaired) electrons. The zero-order chi connectivity index (χ0) is 20.2. The van der Waals surface area contributed by atoms with Crippen LogP contribution in [0.1, 0.15) is 73.7 Å². The highest BCUT2D eigenvalue weighted by atomic mass is 32.1. The van der Waals surface area contributed by atoms with Crippen LogP contribution in [0.3, 0.4) is 0 Å². The fraction of sp³-hybridized carbons (Fsp3) is 0.519. The summed E-state index contributed by atoms with van der Waals surface area (Å²) in [5, 5.41) is 1.50. The van der Waals surface area contributed by atoms with Gasteiger partial charge >= 0.3 is 0 Å². The Morgan fingerprint density at radius 1 is 1.03 bits per heavy atom. The van der Waals surface area contributed by atoms with Crippen LogP contribution in [0.2, 0.25) is 0 Å². The molecule has 2 aliphatic rings. The summed E-state index contributed by atoms with van der Waals surface area (Å²) in [7, 11) is 0. The second-order valence-electron chi connectivity index (χ2n) is 9.95. The number of hydrogen-bond acceptors (Lipinski definition) is 2. The molecule has 5 rings (SSSR count). The average Bonchev–Trinajstić information content (AvgIpc) is 3.10. The van der Waals surface area contributed by atoms with E-state index in [1.165, 1.54) is 77.5 Å². The van der Waals surface area contributed by atoms with Gasteiger partial charge in [0.1, 0.15) is 4.83 Å². The fourth-order valence-corrected chi connectivity index (χ4v) is 6.74. The summed E-state index contributed by atoms with van der Waals surface area (Å²) in [6, 6.07) is 9.27. The van der Waals surface area contributed by atoms with E-state index in [0.717, 1.165) is 12.3 Å². The smallest absolute Gasteiger partial charge is 0.124 e. The van der Waals surface area contributed by atoms with Crippen molar-refractivity contribution in [2.45, 2.75) is 79.1 Å². The predicted molar refractivity (Wildman–Crippen MR) is 126 cm³/mol. The van der Waals surface area contributed by atoms with Crippen LogP contribution in [-0.4, -0.2) is 4.98 Å². The van der Waals surface area contributed by atoms with Crippen molar-refractivity contribution in [1.82, 2.24) is 4.98 Å². The minimum Gasteiger partial charge on any atom is -0.242 e. The number of hydrogen-bond donors (Lipinski definition) is 0. The highest BCUT2D eigenvalue weighted by Crippen LogP contribution is 2.47. The minimum atomic E-state index is 0.394. The van der Waals surface area contributed by atoms with Crippen LogP contribution in [-0.2, 0) is 25.7 Å². The molecule has 0 amide bonds. The molecule has 0 unspecified atom stereocenters. The van der Waals surface area contributed by atoms with Crippen LogP contribution in [0.4, 0.5) is 0 Å². The molecule has 0 bridgehead atoms. The molecule has 0 saturated heterocycles. The second kappa shape index (κ2) is 7.23. The van der Waals surface area contributed by atoms with Gasteiger partial charge in [-0.2, -0.15) is 0 Å². The van der Waals surface area contributed by atoms with Gasteiger partial charge in [-0.05, 0) is 85.5 Å². The fourth-order valence-electron chi connectivity index (χ4n) is 5.45. The Hall–Kier alpha value is -1.67. The van der Waals surface area contributed by atoms with E-state index in [0.29, 0.717) is 5.41 Å². The molecule has 0 spiro atoms. The quantitative estimate of drug-likeness (QED) is 0.437. The van der Waals surface area contributed by atoms with E-state index in [2.05, 4.69) is 52.0 Å². The first-order valence-corrected chi connectivity index (χ1v) is 12.3. The van der Waals surface area contributed by atoms with Crippen LogP contribution in [0.5, 0.6) is 0 Å². The molecule has 2 aromatic heterocycles. The van der Waals surface area contributed by atoms with E-state index < -0.39 is 0 Å². The Morgan fingerprint density at radius 3 is 2.55 bits per heavy atom. The number of fused-ring (bicyclic) bond motifs is 4. The number of aromatic nitrogens is 1. The molecule has 2 heterocycles. The summed E-state index contributed by atoms with van der Waals surface area (Å²) in [5.41, 5.74) is 9.23. The predicted octanol–water partition coefficient (Wildman–Crippen LogP) is 7.69. The summed E-state index contributed by atoms with van der Waals surface area (Å²) < 4.78 is 0. The zero-order valence-electron chi connectivity index (χ0n) is 18.4.